The van der Waals surface area contributed by atoms with E-state index in [0.29, 0.717) is 101 Å². The van der Waals surface area contributed by atoms with Gasteiger partial charge in [-0.15, -0.1) is 0 Å². The first-order chi connectivity index (χ1) is 43.7. The number of methoxy groups -OCH3 is 4. The van der Waals surface area contributed by atoms with Crippen molar-refractivity contribution in [1.82, 2.24) is 0 Å². The van der Waals surface area contributed by atoms with Gasteiger partial charge in [0.05, 0.1) is 59.0 Å². The Morgan fingerprint density at radius 1 is 0.418 bits per heavy atom. The minimum absolute atomic E-state index is 0.0550. The van der Waals surface area contributed by atoms with Crippen LogP contribution in [0.2, 0.25) is 0 Å². The van der Waals surface area contributed by atoms with Crippen LogP contribution in [0, 0.1) is 23.3 Å². The minimum atomic E-state index is -0.871. The fourth-order valence-corrected chi connectivity index (χ4v) is 13.1. The highest BCUT2D eigenvalue weighted by molar-refractivity contribution is 9.11. The molecule has 6 N–H and O–H groups in total. The molecule has 0 saturated heterocycles. The summed E-state index contributed by atoms with van der Waals surface area (Å²) in [4.78, 5) is 26.0. The number of hydrogen-bond acceptors (Lipinski definition) is 18. The van der Waals surface area contributed by atoms with E-state index in [4.69, 9.17) is 69.0 Å². The summed E-state index contributed by atoms with van der Waals surface area (Å²) in [6.45, 7) is 1.12. The van der Waals surface area contributed by atoms with Gasteiger partial charge in [-0.3, -0.25) is 4.79 Å². The maximum Gasteiger partial charge on any atom is 0.283 e. The highest BCUT2D eigenvalue weighted by Gasteiger charge is 2.49. The first-order valence-electron chi connectivity index (χ1n) is 27.6. The molecule has 1 unspecified atom stereocenters. The lowest BCUT2D eigenvalue weighted by molar-refractivity contribution is 0.217. The number of aliphatic imine (C=N–C) groups is 3. The van der Waals surface area contributed by atoms with Gasteiger partial charge in [-0.05, 0) is 97.1 Å². The summed E-state index contributed by atoms with van der Waals surface area (Å²) in [6.07, 6.45) is 1.54. The zero-order valence-corrected chi connectivity index (χ0v) is 54.6. The molecule has 0 bridgehead atoms. The number of benzene rings is 8. The fourth-order valence-electron chi connectivity index (χ4n) is 11.7. The summed E-state index contributed by atoms with van der Waals surface area (Å²) in [6, 6.07) is 33.6. The average Bonchev–Trinajstić information content (AvgIpc) is 0.751. The van der Waals surface area contributed by atoms with Gasteiger partial charge in [0.15, 0.2) is 46.1 Å². The summed E-state index contributed by atoms with van der Waals surface area (Å²) in [5.41, 5.74) is 19.1. The van der Waals surface area contributed by atoms with Gasteiger partial charge < -0.3 is 69.0 Å². The zero-order chi connectivity index (χ0) is 64.3. The standard InChI is InChI=1S/3C17H14BrFN2O3.C14H8BrFO3/c3*1-22-10-7-12-15(13(19)8-10)24-14-3-2-9(18)6-11(14)17(12)4-5-23-16(20)21-17;1-18-8-5-10-13(17)9-4-7(15)2-3-12(9)19-14(10)11(16)6-8/h3*2-3,6-8H,4-5H2,1H3,(H2,20,21);2-6H,1H3/t2*17-;;/m10../s1. The van der Waals surface area contributed by atoms with Crippen LogP contribution in [0.1, 0.15) is 52.6 Å². The van der Waals surface area contributed by atoms with Crippen LogP contribution in [0.25, 0.3) is 21.9 Å². The van der Waals surface area contributed by atoms with E-state index in [0.717, 1.165) is 34.6 Å². The van der Waals surface area contributed by atoms with Gasteiger partial charge in [0.25, 0.3) is 18.1 Å². The van der Waals surface area contributed by atoms with Gasteiger partial charge in [-0.25, -0.2) is 32.5 Å². The van der Waals surface area contributed by atoms with Gasteiger partial charge in [0.1, 0.15) is 62.4 Å². The van der Waals surface area contributed by atoms with E-state index < -0.39 is 39.9 Å². The Kier molecular flexibility index (Phi) is 17.0. The van der Waals surface area contributed by atoms with Crippen LogP contribution in [0.4, 0.5) is 17.6 Å². The molecule has 468 valence electrons. The highest BCUT2D eigenvalue weighted by Crippen LogP contribution is 2.57. The normalized spacial score (nSPS) is 19.1. The minimum Gasteiger partial charge on any atom is -0.497 e. The predicted molar refractivity (Wildman–Crippen MR) is 345 cm³/mol. The molecule has 0 saturated carbocycles. The molecule has 18 nitrogen and oxygen atoms in total. The molecule has 26 heteroatoms. The lowest BCUT2D eigenvalue weighted by Crippen LogP contribution is -2.38. The Morgan fingerprint density at radius 3 is 1.10 bits per heavy atom. The van der Waals surface area contributed by atoms with E-state index in [2.05, 4.69) is 78.7 Å². The summed E-state index contributed by atoms with van der Waals surface area (Å²) in [5.74, 6) is 1.43. The van der Waals surface area contributed by atoms with Crippen molar-refractivity contribution in [2.45, 2.75) is 35.9 Å². The molecule has 9 aromatic rings. The maximum absolute atomic E-state index is 14.6. The number of rotatable bonds is 4. The molecule has 3 atom stereocenters. The van der Waals surface area contributed by atoms with Crippen molar-refractivity contribution >= 4 is 104 Å². The number of amidine groups is 3. The molecule has 1 aromatic heterocycles. The second kappa shape index (κ2) is 24.8. The molecule has 0 amide bonds. The van der Waals surface area contributed by atoms with Crippen molar-refractivity contribution in [3.8, 4) is 57.5 Å². The zero-order valence-electron chi connectivity index (χ0n) is 48.3. The van der Waals surface area contributed by atoms with E-state index in [-0.39, 0.29) is 57.5 Å². The van der Waals surface area contributed by atoms with E-state index in [1.165, 1.54) is 58.8 Å². The summed E-state index contributed by atoms with van der Waals surface area (Å²) in [5, 5.41) is 0.567. The molecule has 0 radical (unpaired) electrons. The van der Waals surface area contributed by atoms with Crippen molar-refractivity contribution in [3.63, 3.8) is 0 Å². The number of hydrogen-bond donors (Lipinski definition) is 3. The molecule has 8 aromatic carbocycles. The Labute approximate surface area is 549 Å². The van der Waals surface area contributed by atoms with Gasteiger partial charge in [0, 0.05) is 94.8 Å². The second-order valence-corrected chi connectivity index (χ2v) is 24.6. The molecular formula is C65H50Br4F4N6O12. The molecule has 3 spiro atoms. The molecular weight excluding hydrogens is 1450 g/mol. The molecule has 6 aliphatic rings. The van der Waals surface area contributed by atoms with Crippen LogP contribution < -0.4 is 55.8 Å². The monoisotopic (exact) mass is 1500 g/mol. The van der Waals surface area contributed by atoms with E-state index in [1.54, 1.807) is 54.6 Å². The van der Waals surface area contributed by atoms with Crippen molar-refractivity contribution in [2.75, 3.05) is 48.3 Å². The first-order valence-corrected chi connectivity index (χ1v) is 30.8. The smallest absolute Gasteiger partial charge is 0.283 e. The lowest BCUT2D eigenvalue weighted by atomic mass is 9.77. The number of halogens is 8. The summed E-state index contributed by atoms with van der Waals surface area (Å²) >= 11 is 13.7. The van der Waals surface area contributed by atoms with Crippen LogP contribution in [-0.2, 0) is 30.8 Å². The fraction of sp³-hybridized carbons (Fsp3) is 0.200. The topological polar surface area (TPSA) is 238 Å². The number of fused-ring (bicyclic) bond motifs is 14. The Hall–Kier alpha value is -8.72. The van der Waals surface area contributed by atoms with Crippen molar-refractivity contribution in [2.24, 2.45) is 32.2 Å². The van der Waals surface area contributed by atoms with Crippen LogP contribution >= 0.6 is 63.7 Å². The SMILES string of the molecule is COc1cc(F)c2c(c1)C1(CCOC(N)=N1)c1cc(Br)ccc1O2.COc1cc(F)c2c(c1)[C@@]1(CCOC(N)=N1)c1cc(Br)ccc1O2.COc1cc(F)c2c(c1)[C@]1(CCOC(N)=N1)c1cc(Br)ccc1O2.COc1cc(F)c2oc3ccc(Br)cc3c(=O)c2c1. The van der Waals surface area contributed by atoms with Crippen LogP contribution in [0.3, 0.4) is 0 Å². The molecule has 0 fully saturated rings. The third-order valence-electron chi connectivity index (χ3n) is 15.8. The first kappa shape index (κ1) is 62.5. The average molecular weight is 1500 g/mol. The van der Waals surface area contributed by atoms with Gasteiger partial charge in [-0.1, -0.05) is 63.7 Å². The van der Waals surface area contributed by atoms with Gasteiger partial charge >= 0.3 is 0 Å². The van der Waals surface area contributed by atoms with Crippen molar-refractivity contribution < 1.29 is 69.3 Å². The third-order valence-corrected chi connectivity index (χ3v) is 17.8. The summed E-state index contributed by atoms with van der Waals surface area (Å²) in [7, 11) is 5.89. The van der Waals surface area contributed by atoms with Crippen LogP contribution in [-0.4, -0.2) is 66.3 Å². The quantitative estimate of drug-likeness (QED) is 0.110. The van der Waals surface area contributed by atoms with Crippen LogP contribution in [0.5, 0.6) is 57.5 Å². The summed E-state index contributed by atoms with van der Waals surface area (Å²) < 4.78 is 121. The second-order valence-electron chi connectivity index (χ2n) is 21.0. The number of nitrogens with two attached hydrogens (primary N) is 3. The molecule has 6 aliphatic heterocycles. The molecule has 0 aliphatic carbocycles. The van der Waals surface area contributed by atoms with Gasteiger partial charge in [0.2, 0.25) is 5.43 Å². The van der Waals surface area contributed by atoms with Gasteiger partial charge in [-0.2, -0.15) is 0 Å². The van der Waals surface area contributed by atoms with E-state index >= 15 is 0 Å². The van der Waals surface area contributed by atoms with E-state index in [1.807, 2.05) is 36.4 Å². The lowest BCUT2D eigenvalue weighted by Gasteiger charge is -2.39. The van der Waals surface area contributed by atoms with E-state index in [9.17, 15) is 22.4 Å². The van der Waals surface area contributed by atoms with Crippen molar-refractivity contribution in [1.29, 1.82) is 0 Å². The Balaban J connectivity index is 0.000000118. The number of ether oxygens (including phenoxy) is 10. The molecule has 15 rings (SSSR count). The molecule has 91 heavy (non-hydrogen) atoms. The Morgan fingerprint density at radius 2 is 0.747 bits per heavy atom. The number of nitrogens with zero attached hydrogens (tertiary/aromatic N) is 3. The maximum atomic E-state index is 14.6. The highest BCUT2D eigenvalue weighted by atomic mass is 79.9. The molecule has 7 heterocycles. The largest absolute Gasteiger partial charge is 0.497 e. The van der Waals surface area contributed by atoms with Crippen LogP contribution in [0.15, 0.2) is 163 Å². The Bertz CT molecular complexity index is 4280. The third kappa shape index (κ3) is 11.4. The predicted octanol–water partition coefficient (Wildman–Crippen LogP) is 14.9. The van der Waals surface area contributed by atoms with Crippen molar-refractivity contribution in [3.05, 3.63) is 206 Å².